The number of nitrogens with two attached hydrogens (primary N) is 2. The van der Waals surface area contributed by atoms with Crippen LogP contribution in [-0.4, -0.2) is 11.9 Å². The zero-order valence-electron chi connectivity index (χ0n) is 15.1. The van der Waals surface area contributed by atoms with Crippen molar-refractivity contribution in [3.63, 3.8) is 0 Å². The molecule has 7 heteroatoms. The van der Waals surface area contributed by atoms with E-state index >= 15 is 0 Å². The summed E-state index contributed by atoms with van der Waals surface area (Å²) in [6, 6.07) is 18.6. The highest BCUT2D eigenvalue weighted by atomic mass is 16.6. The molecule has 0 bridgehead atoms. The van der Waals surface area contributed by atoms with Gasteiger partial charge in [-0.3, -0.25) is 0 Å². The average Bonchev–Trinajstić information content (AvgIpc) is 3.03. The third kappa shape index (κ3) is 3.89. The summed E-state index contributed by atoms with van der Waals surface area (Å²) in [7, 11) is 0. The number of nitrogen functional groups attached to an aromatic ring is 2. The van der Waals surface area contributed by atoms with Crippen LogP contribution in [0.25, 0.3) is 5.57 Å². The van der Waals surface area contributed by atoms with Crippen LogP contribution in [-0.2, 0) is 14.3 Å². The molecule has 1 aliphatic heterocycles. The van der Waals surface area contributed by atoms with E-state index in [0.29, 0.717) is 39.9 Å². The number of cyclic esters (lactones) is 2. The van der Waals surface area contributed by atoms with E-state index in [4.69, 9.17) is 20.9 Å². The zero-order chi connectivity index (χ0) is 20.4. The Kier molecular flexibility index (Phi) is 4.62. The Morgan fingerprint density at radius 2 is 1.17 bits per heavy atom. The average molecular weight is 388 g/mol. The SMILES string of the molecule is Nc1ccc(Oc2cccc(Oc3ccc(N)cc3)c2C2=CC(=O)OC2=O)cc1. The van der Waals surface area contributed by atoms with Crippen LogP contribution < -0.4 is 20.9 Å². The summed E-state index contributed by atoms with van der Waals surface area (Å²) in [5, 5.41) is 0. The van der Waals surface area contributed by atoms with Crippen LogP contribution in [0, 0.1) is 0 Å². The highest BCUT2D eigenvalue weighted by Crippen LogP contribution is 2.41. The Hall–Kier alpha value is -4.26. The van der Waals surface area contributed by atoms with Crippen LogP contribution in [0.1, 0.15) is 5.56 Å². The minimum Gasteiger partial charge on any atom is -0.457 e. The monoisotopic (exact) mass is 388 g/mol. The summed E-state index contributed by atoms with van der Waals surface area (Å²) in [5.41, 5.74) is 13.0. The molecule has 0 spiro atoms. The first-order chi connectivity index (χ1) is 14.0. The van der Waals surface area contributed by atoms with Gasteiger partial charge in [0.15, 0.2) is 0 Å². The Labute approximate surface area is 166 Å². The topological polar surface area (TPSA) is 114 Å². The summed E-state index contributed by atoms with van der Waals surface area (Å²) in [6.07, 6.45) is 1.11. The van der Waals surface area contributed by atoms with Crippen molar-refractivity contribution in [2.24, 2.45) is 0 Å². The number of rotatable bonds is 5. The summed E-state index contributed by atoms with van der Waals surface area (Å²) in [4.78, 5) is 23.9. The first-order valence-corrected chi connectivity index (χ1v) is 8.67. The number of carbonyl (C=O) groups is 2. The van der Waals surface area contributed by atoms with Crippen molar-refractivity contribution in [3.05, 3.63) is 78.4 Å². The number of benzene rings is 3. The summed E-state index contributed by atoms with van der Waals surface area (Å²) >= 11 is 0. The molecule has 29 heavy (non-hydrogen) atoms. The maximum absolute atomic E-state index is 12.2. The number of esters is 2. The van der Waals surface area contributed by atoms with Gasteiger partial charge < -0.3 is 25.7 Å². The van der Waals surface area contributed by atoms with E-state index in [0.717, 1.165) is 6.08 Å². The van der Waals surface area contributed by atoms with E-state index < -0.39 is 11.9 Å². The fourth-order valence-electron chi connectivity index (χ4n) is 2.80. The molecule has 7 nitrogen and oxygen atoms in total. The normalized spacial score (nSPS) is 13.0. The molecular formula is C22H16N2O5. The first-order valence-electron chi connectivity index (χ1n) is 8.67. The lowest BCUT2D eigenvalue weighted by atomic mass is 10.0. The molecule has 3 aromatic rings. The predicted octanol–water partition coefficient (Wildman–Crippen LogP) is 3.90. The molecule has 0 aromatic heterocycles. The Balaban J connectivity index is 1.79. The van der Waals surface area contributed by atoms with E-state index in [1.165, 1.54) is 0 Å². The van der Waals surface area contributed by atoms with Crippen LogP contribution in [0.2, 0.25) is 0 Å². The molecule has 0 saturated heterocycles. The molecule has 3 aromatic carbocycles. The lowest BCUT2D eigenvalue weighted by Gasteiger charge is -2.16. The molecule has 4 rings (SSSR count). The van der Waals surface area contributed by atoms with Crippen LogP contribution in [0.5, 0.6) is 23.0 Å². The van der Waals surface area contributed by atoms with E-state index in [-0.39, 0.29) is 5.57 Å². The fourth-order valence-corrected chi connectivity index (χ4v) is 2.80. The van der Waals surface area contributed by atoms with E-state index in [1.54, 1.807) is 66.7 Å². The number of hydrogen-bond acceptors (Lipinski definition) is 7. The van der Waals surface area contributed by atoms with Gasteiger partial charge in [-0.05, 0) is 60.7 Å². The van der Waals surface area contributed by atoms with Crippen LogP contribution >= 0.6 is 0 Å². The highest BCUT2D eigenvalue weighted by molar-refractivity contribution is 6.29. The van der Waals surface area contributed by atoms with Gasteiger partial charge in [0, 0.05) is 17.5 Å². The molecule has 0 amide bonds. The zero-order valence-corrected chi connectivity index (χ0v) is 15.1. The molecule has 1 heterocycles. The van der Waals surface area contributed by atoms with E-state index in [2.05, 4.69) is 4.74 Å². The lowest BCUT2D eigenvalue weighted by molar-refractivity contribution is -0.149. The summed E-state index contributed by atoms with van der Waals surface area (Å²) in [5.74, 6) is 0.129. The summed E-state index contributed by atoms with van der Waals surface area (Å²) in [6.45, 7) is 0. The lowest BCUT2D eigenvalue weighted by Crippen LogP contribution is -2.04. The van der Waals surface area contributed by atoms with Crippen molar-refractivity contribution >= 4 is 28.9 Å². The molecule has 0 radical (unpaired) electrons. The molecule has 0 aliphatic carbocycles. The van der Waals surface area contributed by atoms with Crippen LogP contribution in [0.4, 0.5) is 11.4 Å². The van der Waals surface area contributed by atoms with Gasteiger partial charge in [-0.25, -0.2) is 9.59 Å². The van der Waals surface area contributed by atoms with E-state index in [1.807, 2.05) is 0 Å². The largest absolute Gasteiger partial charge is 0.457 e. The van der Waals surface area contributed by atoms with Crippen LogP contribution in [0.15, 0.2) is 72.8 Å². The number of ether oxygens (including phenoxy) is 3. The molecular weight excluding hydrogens is 372 g/mol. The Morgan fingerprint density at radius 3 is 1.59 bits per heavy atom. The highest BCUT2D eigenvalue weighted by Gasteiger charge is 2.30. The Morgan fingerprint density at radius 1 is 0.690 bits per heavy atom. The van der Waals surface area contributed by atoms with Crippen molar-refractivity contribution < 1.29 is 23.8 Å². The van der Waals surface area contributed by atoms with Gasteiger partial charge in [0.25, 0.3) is 0 Å². The Bertz CT molecular complexity index is 1050. The molecule has 0 atom stereocenters. The van der Waals surface area contributed by atoms with Gasteiger partial charge in [0.1, 0.15) is 23.0 Å². The molecule has 1 aliphatic rings. The molecule has 144 valence electrons. The maximum Gasteiger partial charge on any atom is 0.347 e. The fraction of sp³-hybridized carbons (Fsp3) is 0. The van der Waals surface area contributed by atoms with Gasteiger partial charge in [0.2, 0.25) is 0 Å². The van der Waals surface area contributed by atoms with Crippen molar-refractivity contribution in [3.8, 4) is 23.0 Å². The van der Waals surface area contributed by atoms with E-state index in [9.17, 15) is 9.59 Å². The third-order valence-corrected chi connectivity index (χ3v) is 4.15. The summed E-state index contributed by atoms with van der Waals surface area (Å²) < 4.78 is 16.5. The second-order valence-electron chi connectivity index (χ2n) is 6.24. The maximum atomic E-state index is 12.2. The quantitative estimate of drug-likeness (QED) is 0.387. The van der Waals surface area contributed by atoms with Gasteiger partial charge in [-0.1, -0.05) is 6.07 Å². The standard InChI is InChI=1S/C22H16N2O5/c23-13-4-8-15(9-5-13)27-18-2-1-3-19(28-16-10-6-14(24)7-11-16)21(18)17-12-20(25)29-22(17)26/h1-12H,23-24H2. The number of carbonyl (C=O) groups excluding carboxylic acids is 2. The first kappa shape index (κ1) is 18.1. The van der Waals surface area contributed by atoms with Gasteiger partial charge in [-0.2, -0.15) is 0 Å². The van der Waals surface area contributed by atoms with Gasteiger partial charge >= 0.3 is 11.9 Å². The minimum atomic E-state index is -0.773. The van der Waals surface area contributed by atoms with Gasteiger partial charge in [-0.15, -0.1) is 0 Å². The van der Waals surface area contributed by atoms with Gasteiger partial charge in [0.05, 0.1) is 11.1 Å². The molecule has 0 saturated carbocycles. The second-order valence-corrected chi connectivity index (χ2v) is 6.24. The van der Waals surface area contributed by atoms with Crippen molar-refractivity contribution in [2.45, 2.75) is 0 Å². The second kappa shape index (κ2) is 7.40. The van der Waals surface area contributed by atoms with Crippen molar-refractivity contribution in [1.82, 2.24) is 0 Å². The van der Waals surface area contributed by atoms with Crippen molar-refractivity contribution in [2.75, 3.05) is 11.5 Å². The minimum absolute atomic E-state index is 0.0477. The van der Waals surface area contributed by atoms with Crippen molar-refractivity contribution in [1.29, 1.82) is 0 Å². The third-order valence-electron chi connectivity index (χ3n) is 4.15. The number of anilines is 2. The predicted molar refractivity (Wildman–Crippen MR) is 107 cm³/mol. The molecule has 0 fully saturated rings. The molecule has 0 unspecified atom stereocenters. The molecule has 4 N–H and O–H groups in total. The number of hydrogen-bond donors (Lipinski definition) is 2. The smallest absolute Gasteiger partial charge is 0.347 e. The van der Waals surface area contributed by atoms with Crippen LogP contribution in [0.3, 0.4) is 0 Å².